The Morgan fingerprint density at radius 1 is 1.19 bits per heavy atom. The van der Waals surface area contributed by atoms with Crippen molar-refractivity contribution < 1.29 is 14.5 Å². The average molecular weight is 419 g/mol. The normalized spacial score (nSPS) is 16.0. The smallest absolute Gasteiger partial charge is 0.311 e. The molecule has 1 saturated heterocycles. The molecule has 6 nitrogen and oxygen atoms in total. The number of nitrogens with one attached hydrogen (secondary N) is 1. The summed E-state index contributed by atoms with van der Waals surface area (Å²) in [5, 5.41) is 14.5. The summed E-state index contributed by atoms with van der Waals surface area (Å²) in [5.41, 5.74) is 0.532. The van der Waals surface area contributed by atoms with Gasteiger partial charge in [0.15, 0.2) is 0 Å². The number of esters is 1. The van der Waals surface area contributed by atoms with E-state index in [1.54, 1.807) is 12.1 Å². The van der Waals surface area contributed by atoms with E-state index in [0.29, 0.717) is 22.9 Å². The lowest BCUT2D eigenvalue weighted by molar-refractivity contribution is -0.385. The molecule has 26 heavy (non-hydrogen) atoms. The number of hydrogen-bond donors (Lipinski definition) is 1. The molecule has 0 saturated carbocycles. The van der Waals surface area contributed by atoms with Crippen LogP contribution in [0.1, 0.15) is 24.0 Å². The third-order valence-electron chi connectivity index (χ3n) is 4.60. The molecule has 1 aliphatic rings. The predicted octanol–water partition coefficient (Wildman–Crippen LogP) is 3.72. The summed E-state index contributed by atoms with van der Waals surface area (Å²) in [5.74, 6) is -0.457. The number of nitro groups is 1. The van der Waals surface area contributed by atoms with E-state index >= 15 is 0 Å². The molecule has 3 rings (SSSR count). The van der Waals surface area contributed by atoms with Crippen LogP contribution in [0.4, 0.5) is 5.69 Å². The van der Waals surface area contributed by atoms with Crippen molar-refractivity contribution in [3.05, 3.63) is 74.2 Å². The Hall–Kier alpha value is -2.25. The lowest BCUT2D eigenvalue weighted by Crippen LogP contribution is -2.43. The van der Waals surface area contributed by atoms with Crippen molar-refractivity contribution in [2.45, 2.75) is 24.9 Å². The number of benzene rings is 2. The van der Waals surface area contributed by atoms with Crippen molar-refractivity contribution >= 4 is 27.6 Å². The van der Waals surface area contributed by atoms with Gasteiger partial charge in [0, 0.05) is 28.9 Å². The Morgan fingerprint density at radius 2 is 1.88 bits per heavy atom. The van der Waals surface area contributed by atoms with Crippen LogP contribution in [0.3, 0.4) is 0 Å². The molecule has 0 aliphatic carbocycles. The Kier molecular flexibility index (Phi) is 5.68. The second-order valence-electron chi connectivity index (χ2n) is 6.29. The number of piperidine rings is 1. The van der Waals surface area contributed by atoms with Gasteiger partial charge in [-0.3, -0.25) is 14.9 Å². The monoisotopic (exact) mass is 418 g/mol. The number of carbonyl (C=O) groups excluding carboxylic acids is 1. The van der Waals surface area contributed by atoms with E-state index in [4.69, 9.17) is 4.74 Å². The van der Waals surface area contributed by atoms with Crippen molar-refractivity contribution in [2.24, 2.45) is 0 Å². The highest BCUT2D eigenvalue weighted by molar-refractivity contribution is 9.10. The zero-order valence-electron chi connectivity index (χ0n) is 14.1. The highest BCUT2D eigenvalue weighted by atomic mass is 79.9. The molecule has 7 heteroatoms. The maximum atomic E-state index is 12.6. The lowest BCUT2D eigenvalue weighted by atomic mass is 9.84. The van der Waals surface area contributed by atoms with Crippen molar-refractivity contribution in [3.63, 3.8) is 0 Å². The number of nitrogens with zero attached hydrogens (tertiary/aromatic N) is 1. The van der Waals surface area contributed by atoms with Gasteiger partial charge in [0.25, 0.3) is 5.69 Å². The first-order valence-corrected chi connectivity index (χ1v) is 9.20. The zero-order chi connectivity index (χ0) is 18.6. The first-order valence-electron chi connectivity index (χ1n) is 8.41. The minimum atomic E-state index is -0.687. The van der Waals surface area contributed by atoms with Crippen LogP contribution in [0.25, 0.3) is 0 Å². The molecule has 0 bridgehead atoms. The third kappa shape index (κ3) is 4.11. The minimum absolute atomic E-state index is 0.0876. The molecule has 2 aromatic carbocycles. The van der Waals surface area contributed by atoms with Crippen molar-refractivity contribution in [3.8, 4) is 0 Å². The van der Waals surface area contributed by atoms with Crippen LogP contribution in [-0.2, 0) is 21.6 Å². The van der Waals surface area contributed by atoms with E-state index in [1.165, 1.54) is 6.07 Å². The Balaban J connectivity index is 1.83. The molecule has 0 radical (unpaired) electrons. The summed E-state index contributed by atoms with van der Waals surface area (Å²) in [7, 11) is 0. The summed E-state index contributed by atoms with van der Waals surface area (Å²) in [6, 6.07) is 14.4. The van der Waals surface area contributed by atoms with E-state index < -0.39 is 16.5 Å². The zero-order valence-corrected chi connectivity index (χ0v) is 15.7. The number of ether oxygens (including phenoxy) is 1. The van der Waals surface area contributed by atoms with Crippen LogP contribution in [0, 0.1) is 10.1 Å². The second kappa shape index (κ2) is 7.97. The van der Waals surface area contributed by atoms with E-state index in [0.717, 1.165) is 18.7 Å². The molecule has 0 aromatic heterocycles. The van der Waals surface area contributed by atoms with Gasteiger partial charge in [0.1, 0.15) is 5.60 Å². The second-order valence-corrected chi connectivity index (χ2v) is 7.21. The van der Waals surface area contributed by atoms with Gasteiger partial charge in [0.2, 0.25) is 0 Å². The molecular weight excluding hydrogens is 400 g/mol. The highest BCUT2D eigenvalue weighted by Crippen LogP contribution is 2.35. The van der Waals surface area contributed by atoms with Crippen LogP contribution >= 0.6 is 15.9 Å². The molecule has 0 amide bonds. The molecule has 1 heterocycles. The summed E-state index contributed by atoms with van der Waals surface area (Å²) >= 11 is 3.22. The fourth-order valence-corrected chi connectivity index (χ4v) is 3.64. The fourth-order valence-electron chi connectivity index (χ4n) is 3.29. The van der Waals surface area contributed by atoms with Gasteiger partial charge >= 0.3 is 5.97 Å². The molecule has 1 aliphatic heterocycles. The van der Waals surface area contributed by atoms with E-state index in [2.05, 4.69) is 21.2 Å². The molecule has 1 fully saturated rings. The topological polar surface area (TPSA) is 81.5 Å². The number of carbonyl (C=O) groups is 1. The largest absolute Gasteiger partial charge is 0.454 e. The summed E-state index contributed by atoms with van der Waals surface area (Å²) < 4.78 is 6.52. The Bertz CT molecular complexity index is 804. The number of halogens is 1. The first-order chi connectivity index (χ1) is 12.5. The number of hydrogen-bond acceptors (Lipinski definition) is 5. The number of rotatable bonds is 5. The molecule has 0 unspecified atom stereocenters. The van der Waals surface area contributed by atoms with E-state index in [9.17, 15) is 14.9 Å². The highest BCUT2D eigenvalue weighted by Gasteiger charge is 2.38. The van der Waals surface area contributed by atoms with Gasteiger partial charge in [-0.15, -0.1) is 0 Å². The van der Waals surface area contributed by atoms with Gasteiger partial charge in [-0.25, -0.2) is 0 Å². The van der Waals surface area contributed by atoms with Gasteiger partial charge in [-0.1, -0.05) is 52.3 Å². The molecule has 0 atom stereocenters. The van der Waals surface area contributed by atoms with Gasteiger partial charge in [0.05, 0.1) is 11.3 Å². The van der Waals surface area contributed by atoms with Crippen molar-refractivity contribution in [2.75, 3.05) is 13.1 Å². The van der Waals surface area contributed by atoms with Crippen LogP contribution < -0.4 is 5.32 Å². The molecule has 136 valence electrons. The van der Waals surface area contributed by atoms with Crippen LogP contribution in [0.2, 0.25) is 0 Å². The van der Waals surface area contributed by atoms with E-state index in [-0.39, 0.29) is 12.1 Å². The van der Waals surface area contributed by atoms with Gasteiger partial charge < -0.3 is 10.1 Å². The standard InChI is InChI=1S/C19H19BrN2O4/c20-16-7-6-14(17(13-16)22(24)25)12-18(23)26-19(8-10-21-11-9-19)15-4-2-1-3-5-15/h1-7,13,21H,8-12H2. The third-order valence-corrected chi connectivity index (χ3v) is 5.09. The van der Waals surface area contributed by atoms with Gasteiger partial charge in [-0.05, 0) is 24.7 Å². The summed E-state index contributed by atoms with van der Waals surface area (Å²) in [6.45, 7) is 1.50. The quantitative estimate of drug-likeness (QED) is 0.454. The SMILES string of the molecule is O=C(Cc1ccc(Br)cc1[N+](=O)[O-])OC1(c2ccccc2)CCNCC1. The minimum Gasteiger partial charge on any atom is -0.454 e. The maximum Gasteiger partial charge on any atom is 0.311 e. The van der Waals surface area contributed by atoms with Crippen LogP contribution in [-0.4, -0.2) is 24.0 Å². The van der Waals surface area contributed by atoms with Gasteiger partial charge in [-0.2, -0.15) is 0 Å². The van der Waals surface area contributed by atoms with Crippen LogP contribution in [0.15, 0.2) is 53.0 Å². The van der Waals surface area contributed by atoms with E-state index in [1.807, 2.05) is 30.3 Å². The van der Waals surface area contributed by atoms with Crippen LogP contribution in [0.5, 0.6) is 0 Å². The predicted molar refractivity (Wildman–Crippen MR) is 101 cm³/mol. The maximum absolute atomic E-state index is 12.6. The fraction of sp³-hybridized carbons (Fsp3) is 0.316. The first kappa shape index (κ1) is 18.5. The Labute approximate surface area is 159 Å². The molecule has 1 N–H and O–H groups in total. The summed E-state index contributed by atoms with van der Waals surface area (Å²) in [4.78, 5) is 23.4. The molecule has 0 spiro atoms. The molecular formula is C19H19BrN2O4. The Morgan fingerprint density at radius 3 is 2.54 bits per heavy atom. The summed E-state index contributed by atoms with van der Waals surface area (Å²) in [6.07, 6.45) is 1.21. The van der Waals surface area contributed by atoms with Crippen molar-refractivity contribution in [1.29, 1.82) is 0 Å². The van der Waals surface area contributed by atoms with Crippen molar-refractivity contribution in [1.82, 2.24) is 5.32 Å². The number of nitro benzene ring substituents is 1. The average Bonchev–Trinajstić information content (AvgIpc) is 2.64. The molecule has 2 aromatic rings. The lowest BCUT2D eigenvalue weighted by Gasteiger charge is -2.37.